The molecule has 3 rings (SSSR count). The quantitative estimate of drug-likeness (QED) is 0.645. The Morgan fingerprint density at radius 3 is 2.26 bits per heavy atom. The molecule has 1 heterocycles. The summed E-state index contributed by atoms with van der Waals surface area (Å²) in [6, 6.07) is 9.65. The first-order valence-electron chi connectivity index (χ1n) is 8.98. The van der Waals surface area contributed by atoms with Crippen molar-refractivity contribution >= 4 is 11.6 Å². The van der Waals surface area contributed by atoms with Crippen molar-refractivity contribution in [1.29, 1.82) is 0 Å². The number of ketones is 2. The first-order valence-corrected chi connectivity index (χ1v) is 8.98. The summed E-state index contributed by atoms with van der Waals surface area (Å²) in [5.41, 5.74) is -2.63. The topological polar surface area (TPSA) is 82.1 Å². The molecule has 6 heteroatoms. The van der Waals surface area contributed by atoms with Crippen molar-refractivity contribution in [1.82, 2.24) is 0 Å². The van der Waals surface area contributed by atoms with Gasteiger partial charge in [0.15, 0.2) is 11.6 Å². The van der Waals surface area contributed by atoms with Crippen LogP contribution in [0.5, 0.6) is 0 Å². The molecule has 1 aliphatic carbocycles. The zero-order chi connectivity index (χ0) is 20.1. The lowest BCUT2D eigenvalue weighted by atomic mass is 9.57. The number of ether oxygens (including phenoxy) is 1. The number of Topliss-reactive ketones (excluding diaryl/α,β-unsaturated/α-hetero) is 2. The number of carbonyl (C=O) groups is 2. The minimum atomic E-state index is -2.13. The molecular weight excluding hydrogens is 348 g/mol. The third-order valence-corrected chi connectivity index (χ3v) is 5.46. The van der Waals surface area contributed by atoms with Gasteiger partial charge in [-0.1, -0.05) is 30.3 Å². The van der Waals surface area contributed by atoms with Crippen LogP contribution in [0.4, 0.5) is 0 Å². The zero-order valence-electron chi connectivity index (χ0n) is 16.4. The van der Waals surface area contributed by atoms with Gasteiger partial charge < -0.3 is 9.84 Å². The van der Waals surface area contributed by atoms with E-state index in [4.69, 9.17) is 14.5 Å². The molecule has 0 bridgehead atoms. The van der Waals surface area contributed by atoms with Crippen LogP contribution in [-0.2, 0) is 30.7 Å². The molecule has 0 spiro atoms. The summed E-state index contributed by atoms with van der Waals surface area (Å²) in [5, 5.41) is 11.0. The highest BCUT2D eigenvalue weighted by Crippen LogP contribution is 2.52. The molecule has 27 heavy (non-hydrogen) atoms. The number of hydrogen-bond acceptors (Lipinski definition) is 6. The average Bonchev–Trinajstić information content (AvgIpc) is 2.62. The van der Waals surface area contributed by atoms with E-state index in [1.54, 1.807) is 34.6 Å². The van der Waals surface area contributed by atoms with Crippen LogP contribution in [0.2, 0.25) is 0 Å². The van der Waals surface area contributed by atoms with E-state index in [2.05, 4.69) is 0 Å². The Morgan fingerprint density at radius 1 is 1.00 bits per heavy atom. The number of benzene rings is 1. The van der Waals surface area contributed by atoms with Crippen molar-refractivity contribution in [3.05, 3.63) is 47.5 Å². The summed E-state index contributed by atoms with van der Waals surface area (Å²) < 4.78 is 5.73. The fraction of sp³-hybridized carbons (Fsp3) is 0.524. The second kappa shape index (κ2) is 6.34. The van der Waals surface area contributed by atoms with Gasteiger partial charge in [0.25, 0.3) is 0 Å². The van der Waals surface area contributed by atoms with E-state index in [0.717, 1.165) is 5.56 Å². The highest BCUT2D eigenvalue weighted by Gasteiger charge is 2.67. The monoisotopic (exact) mass is 374 g/mol. The Labute approximate surface area is 159 Å². The zero-order valence-corrected chi connectivity index (χ0v) is 16.4. The van der Waals surface area contributed by atoms with Gasteiger partial charge in [-0.15, -0.1) is 0 Å². The Hall–Kier alpha value is -1.86. The molecule has 2 aliphatic rings. The van der Waals surface area contributed by atoms with Gasteiger partial charge in [0.1, 0.15) is 5.60 Å². The number of carbonyl (C=O) groups excluding carboxylic acids is 2. The van der Waals surface area contributed by atoms with E-state index in [1.165, 1.54) is 6.08 Å². The van der Waals surface area contributed by atoms with E-state index in [9.17, 15) is 14.7 Å². The summed E-state index contributed by atoms with van der Waals surface area (Å²) in [6.07, 6.45) is 1.53. The maximum atomic E-state index is 12.9. The Bertz CT molecular complexity index is 794. The molecule has 1 N–H and O–H groups in total. The molecule has 146 valence electrons. The van der Waals surface area contributed by atoms with Crippen molar-refractivity contribution in [2.24, 2.45) is 10.8 Å². The SMILES string of the molecule is CC1(C)C(=O)C2=C[C@@](C)(COCc3ccccc3)OO[C@]2(O)C(C)(C)C1=O. The molecule has 1 aromatic carbocycles. The summed E-state index contributed by atoms with van der Waals surface area (Å²) in [5.74, 6) is -2.99. The summed E-state index contributed by atoms with van der Waals surface area (Å²) >= 11 is 0. The molecule has 0 unspecified atom stereocenters. The first kappa shape index (κ1) is 19.9. The number of aliphatic hydroxyl groups is 1. The van der Waals surface area contributed by atoms with Gasteiger partial charge in [-0.05, 0) is 46.3 Å². The van der Waals surface area contributed by atoms with Gasteiger partial charge in [-0.3, -0.25) is 9.59 Å². The molecule has 6 nitrogen and oxygen atoms in total. The van der Waals surface area contributed by atoms with Gasteiger partial charge in [-0.2, -0.15) is 4.89 Å². The number of rotatable bonds is 4. The number of hydrogen-bond donors (Lipinski definition) is 1. The maximum Gasteiger partial charge on any atom is 0.240 e. The molecular formula is C21H26O6. The molecule has 1 aliphatic heterocycles. The maximum absolute atomic E-state index is 12.9. The molecule has 2 atom stereocenters. The van der Waals surface area contributed by atoms with E-state index < -0.39 is 33.8 Å². The van der Waals surface area contributed by atoms with Crippen LogP contribution in [0.1, 0.15) is 40.2 Å². The molecule has 0 amide bonds. The Balaban J connectivity index is 1.86. The van der Waals surface area contributed by atoms with Crippen LogP contribution >= 0.6 is 0 Å². The molecule has 0 saturated heterocycles. The lowest BCUT2D eigenvalue weighted by Crippen LogP contribution is -2.66. The van der Waals surface area contributed by atoms with Gasteiger partial charge >= 0.3 is 0 Å². The molecule has 0 radical (unpaired) electrons. The van der Waals surface area contributed by atoms with Gasteiger partial charge in [-0.25, -0.2) is 4.89 Å². The third-order valence-electron chi connectivity index (χ3n) is 5.46. The Morgan fingerprint density at radius 2 is 1.63 bits per heavy atom. The lowest BCUT2D eigenvalue weighted by Gasteiger charge is -2.52. The van der Waals surface area contributed by atoms with Crippen molar-refractivity contribution in [2.75, 3.05) is 6.61 Å². The van der Waals surface area contributed by atoms with Gasteiger partial charge in [0, 0.05) is 0 Å². The fourth-order valence-electron chi connectivity index (χ4n) is 3.67. The largest absolute Gasteiger partial charge is 0.373 e. The Kier molecular flexibility index (Phi) is 4.67. The lowest BCUT2D eigenvalue weighted by molar-refractivity contribution is -0.467. The van der Waals surface area contributed by atoms with Crippen LogP contribution in [0.3, 0.4) is 0 Å². The van der Waals surface area contributed by atoms with Crippen molar-refractivity contribution in [2.45, 2.75) is 52.6 Å². The predicted molar refractivity (Wildman–Crippen MR) is 97.3 cm³/mol. The number of fused-ring (bicyclic) bond motifs is 1. The van der Waals surface area contributed by atoms with Crippen molar-refractivity contribution in [3.63, 3.8) is 0 Å². The van der Waals surface area contributed by atoms with Crippen LogP contribution < -0.4 is 0 Å². The molecule has 0 aromatic heterocycles. The summed E-state index contributed by atoms with van der Waals surface area (Å²) in [4.78, 5) is 36.4. The standard InChI is InChI=1S/C21H26O6/c1-18(2)16(22)15-11-20(5,13-25-12-14-9-7-6-8-10-14)26-27-21(15,24)19(3,4)17(18)23/h6-11,24H,12-13H2,1-5H3/t20-,21-/m0/s1. The van der Waals surface area contributed by atoms with Crippen molar-refractivity contribution in [3.8, 4) is 0 Å². The molecule has 1 aromatic rings. The second-order valence-corrected chi connectivity index (χ2v) is 8.57. The average molecular weight is 374 g/mol. The predicted octanol–water partition coefficient (Wildman–Crippen LogP) is 2.74. The van der Waals surface area contributed by atoms with Crippen molar-refractivity contribution < 1.29 is 29.2 Å². The van der Waals surface area contributed by atoms with E-state index in [0.29, 0.717) is 6.61 Å². The minimum Gasteiger partial charge on any atom is -0.373 e. The van der Waals surface area contributed by atoms with Crippen LogP contribution in [0.15, 0.2) is 42.0 Å². The van der Waals surface area contributed by atoms with Gasteiger partial charge in [0.05, 0.1) is 29.6 Å². The third kappa shape index (κ3) is 3.06. The van der Waals surface area contributed by atoms with Crippen LogP contribution in [-0.4, -0.2) is 34.7 Å². The van der Waals surface area contributed by atoms with E-state index in [1.807, 2.05) is 30.3 Å². The summed E-state index contributed by atoms with van der Waals surface area (Å²) in [7, 11) is 0. The highest BCUT2D eigenvalue weighted by molar-refractivity contribution is 6.19. The van der Waals surface area contributed by atoms with E-state index in [-0.39, 0.29) is 12.2 Å². The normalized spacial score (nSPS) is 32.0. The second-order valence-electron chi connectivity index (χ2n) is 8.57. The van der Waals surface area contributed by atoms with Crippen LogP contribution in [0.25, 0.3) is 0 Å². The fourth-order valence-corrected chi connectivity index (χ4v) is 3.67. The van der Waals surface area contributed by atoms with Gasteiger partial charge in [0.2, 0.25) is 5.79 Å². The highest BCUT2D eigenvalue weighted by atomic mass is 17.2. The first-order chi connectivity index (χ1) is 12.4. The molecule has 1 fully saturated rings. The smallest absolute Gasteiger partial charge is 0.240 e. The summed E-state index contributed by atoms with van der Waals surface area (Å²) in [6.45, 7) is 8.43. The molecule has 1 saturated carbocycles. The minimum absolute atomic E-state index is 0.0363. The van der Waals surface area contributed by atoms with E-state index >= 15 is 0 Å². The van der Waals surface area contributed by atoms with Crippen LogP contribution in [0, 0.1) is 10.8 Å².